The van der Waals surface area contributed by atoms with Crippen molar-refractivity contribution in [2.45, 2.75) is 102 Å². The Morgan fingerprint density at radius 1 is 0.275 bits per heavy atom. The first kappa shape index (κ1) is 104. The minimum atomic E-state index is -1.19. The number of hydrogen-bond acceptors (Lipinski definition) is 14. The number of benzene rings is 16. The van der Waals surface area contributed by atoms with Gasteiger partial charge in [-0.15, -0.1) is 11.8 Å². The Bertz CT molecular complexity index is 8180. The molecule has 0 fully saturated rings. The van der Waals surface area contributed by atoms with E-state index in [1.165, 1.54) is 109 Å². The number of rotatable bonds is 6. The van der Waals surface area contributed by atoms with Gasteiger partial charge in [-0.3, -0.25) is 14.4 Å². The van der Waals surface area contributed by atoms with E-state index in [9.17, 15) is 14.4 Å². The van der Waals surface area contributed by atoms with Gasteiger partial charge in [0.25, 0.3) is 0 Å². The average Bonchev–Trinajstić information content (AvgIpc) is 1.58. The molecule has 0 amide bonds. The van der Waals surface area contributed by atoms with Crippen molar-refractivity contribution in [2.24, 2.45) is 7.05 Å². The molecule has 0 unspecified atom stereocenters. The Morgan fingerprint density at radius 2 is 0.510 bits per heavy atom. The van der Waals surface area contributed by atoms with Gasteiger partial charge in [0.05, 0.1) is 16.2 Å². The topological polar surface area (TPSA) is 205 Å². The van der Waals surface area contributed by atoms with Crippen LogP contribution in [0.1, 0.15) is 144 Å². The lowest BCUT2D eigenvalue weighted by Crippen LogP contribution is -2.29. The summed E-state index contributed by atoms with van der Waals surface area (Å²) >= 11 is 0. The van der Waals surface area contributed by atoms with E-state index in [2.05, 4.69) is 336 Å². The SMILES string of the molecule is CC#CC1(C)c2ccccc2-c2ccccc21.CC#CC1(OC(C)=O)c2ccccc2-c2ccccc21.CC(=O)OC1(C#CCOc2ccccc2)c2ccccc2-c2ccccc21.CC(=O)OC1(C#Cc2cc(C#CC3(C)c4ccccc4-c4ccccc43)c(C)cc2C)c2ccccc2-c2ccccc21.COCC#CC1(C)c2ccccc2-c2ccccc21.Cn1c2ccccc2c2ccccc21.O=C=O.O=C=O.O=C=O. The number of aromatic nitrogens is 1. The van der Waals surface area contributed by atoms with E-state index in [1.807, 2.05) is 171 Å². The minimum Gasteiger partial charge on any atom is -0.481 e. The lowest BCUT2D eigenvalue weighted by molar-refractivity contribution is -0.193. The second kappa shape index (κ2) is 46.6. The minimum absolute atomic E-state index is 0.151. The highest BCUT2D eigenvalue weighted by Crippen LogP contribution is 2.56. The van der Waals surface area contributed by atoms with Crippen LogP contribution in [0.5, 0.6) is 5.75 Å². The normalized spacial score (nSPS) is 12.9. The molecule has 6 aliphatic carbocycles. The Kier molecular flexibility index (Phi) is 32.6. The highest BCUT2D eigenvalue weighted by atomic mass is 16.6. The van der Waals surface area contributed by atoms with Crippen molar-refractivity contribution in [3.63, 3.8) is 0 Å². The Hall–Kier alpha value is -19.0. The quantitative estimate of drug-likeness (QED) is 0.0863. The molecule has 0 saturated carbocycles. The van der Waals surface area contributed by atoms with Gasteiger partial charge in [0.1, 0.15) is 19.0 Å². The van der Waals surface area contributed by atoms with Gasteiger partial charge < -0.3 is 28.3 Å². The summed E-state index contributed by atoms with van der Waals surface area (Å²) in [6.07, 6.45) is 0.750. The van der Waals surface area contributed by atoms with E-state index in [1.54, 1.807) is 14.0 Å². The van der Waals surface area contributed by atoms with E-state index in [-0.39, 0.29) is 53.8 Å². The van der Waals surface area contributed by atoms with E-state index >= 15 is 0 Å². The predicted octanol–water partition coefficient (Wildman–Crippen LogP) is 25.7. The molecule has 1 aromatic heterocycles. The molecule has 23 rings (SSSR count). The van der Waals surface area contributed by atoms with E-state index < -0.39 is 22.2 Å². The van der Waals surface area contributed by atoms with Crippen LogP contribution in [0.3, 0.4) is 0 Å². The molecule has 0 bridgehead atoms. The molecule has 0 N–H and O–H groups in total. The Labute approximate surface area is 868 Å². The molecule has 0 spiro atoms. The molecule has 16 aromatic carbocycles. The highest BCUT2D eigenvalue weighted by molar-refractivity contribution is 6.08. The molecular formula is C134H103NO14. The van der Waals surface area contributed by atoms with Crippen molar-refractivity contribution in [3.05, 3.63) is 471 Å². The first-order chi connectivity index (χ1) is 72.4. The third kappa shape index (κ3) is 20.8. The number of carbonyl (C=O) groups excluding carboxylic acids is 9. The molecule has 0 atom stereocenters. The van der Waals surface area contributed by atoms with Crippen LogP contribution in [0, 0.1) is 84.9 Å². The summed E-state index contributed by atoms with van der Waals surface area (Å²) in [5.41, 5.74) is 29.6. The Morgan fingerprint density at radius 3 is 0.805 bits per heavy atom. The van der Waals surface area contributed by atoms with Crippen molar-refractivity contribution >= 4 is 58.2 Å². The van der Waals surface area contributed by atoms with Crippen LogP contribution < -0.4 is 4.74 Å². The fourth-order valence-electron chi connectivity index (χ4n) is 20.9. The average molecular weight is 1950 g/mol. The molecule has 15 nitrogen and oxygen atoms in total. The largest absolute Gasteiger partial charge is 0.481 e. The maximum atomic E-state index is 12.5. The van der Waals surface area contributed by atoms with E-state index in [4.69, 9.17) is 52.5 Å². The van der Waals surface area contributed by atoms with Gasteiger partial charge in [-0.25, -0.2) is 0 Å². The van der Waals surface area contributed by atoms with Crippen molar-refractivity contribution in [1.82, 2.24) is 4.57 Å². The molecular weight excluding hydrogens is 1850 g/mol. The molecule has 0 aliphatic heterocycles. The number of ether oxygens (including phenoxy) is 5. The summed E-state index contributed by atoms with van der Waals surface area (Å²) in [6, 6.07) is 130. The molecule has 17 aromatic rings. The van der Waals surface area contributed by atoms with Crippen LogP contribution in [-0.2, 0) is 102 Å². The summed E-state index contributed by atoms with van der Waals surface area (Å²) in [5.74, 6) is 39.0. The van der Waals surface area contributed by atoms with Gasteiger partial charge in [0.15, 0.2) is 0 Å². The van der Waals surface area contributed by atoms with Gasteiger partial charge in [-0.2, -0.15) is 28.8 Å². The third-order valence-electron chi connectivity index (χ3n) is 27.0. The van der Waals surface area contributed by atoms with Crippen LogP contribution in [-0.4, -0.2) is 61.3 Å². The van der Waals surface area contributed by atoms with Gasteiger partial charge in [-0.1, -0.05) is 393 Å². The molecule has 0 saturated heterocycles. The van der Waals surface area contributed by atoms with Gasteiger partial charge in [-0.05, 0) is 208 Å². The summed E-state index contributed by atoms with van der Waals surface area (Å²) in [4.78, 5) is 84.8. The number of aryl methyl sites for hydroxylation is 3. The maximum absolute atomic E-state index is 12.5. The molecule has 728 valence electrons. The lowest BCUT2D eigenvalue weighted by Gasteiger charge is -2.25. The predicted molar refractivity (Wildman–Crippen MR) is 580 cm³/mol. The van der Waals surface area contributed by atoms with Crippen LogP contribution in [0.2, 0.25) is 0 Å². The monoisotopic (exact) mass is 1950 g/mol. The summed E-state index contributed by atoms with van der Waals surface area (Å²) in [6.45, 7) is 19.4. The fraction of sp³-hybridized carbons (Fsp3) is 0.149. The zero-order chi connectivity index (χ0) is 105. The number of esters is 3. The third-order valence-corrected chi connectivity index (χ3v) is 27.0. The highest BCUT2D eigenvalue weighted by Gasteiger charge is 2.49. The van der Waals surface area contributed by atoms with Gasteiger partial charge in [0.2, 0.25) is 16.8 Å². The van der Waals surface area contributed by atoms with Crippen LogP contribution in [0.25, 0.3) is 88.6 Å². The summed E-state index contributed by atoms with van der Waals surface area (Å²) in [7, 11) is 3.79. The van der Waals surface area contributed by atoms with Gasteiger partial charge in [0, 0.05) is 101 Å². The van der Waals surface area contributed by atoms with Crippen molar-refractivity contribution in [1.29, 1.82) is 0 Å². The summed E-state index contributed by atoms with van der Waals surface area (Å²) in [5, 5.41) is 2.68. The fourth-order valence-corrected chi connectivity index (χ4v) is 20.9. The molecule has 6 aliphatic rings. The smallest absolute Gasteiger partial charge is 0.373 e. The number of hydrogen-bond donors (Lipinski definition) is 0. The molecule has 149 heavy (non-hydrogen) atoms. The van der Waals surface area contributed by atoms with Gasteiger partial charge >= 0.3 is 36.4 Å². The second-order valence-corrected chi connectivity index (χ2v) is 36.0. The zero-order valence-electron chi connectivity index (χ0n) is 84.4. The van der Waals surface area contributed by atoms with E-state index in [0.29, 0.717) is 6.61 Å². The number of nitrogens with zero attached hydrogens (tertiary/aromatic N) is 1. The molecule has 1 heterocycles. The standard InChI is InChI=1S/C41H30O2.C24H18O3.C18H14O2.C18H16O.C17H14.C13H11N.3CO2/c1-27-25-28(2)31(22-24-41(43-29(3)42)38-19-11-7-15-34(38)35-16-8-12-20-39(35)41)26-30(27)21-23-40(4)36-17-9-5-13-32(36)33-14-6-10-18-37(33)40;1-18(25)27-24(16-9-17-26-19-10-3-2-4-11-19)22-14-7-5-12-20(22)21-13-6-8-15-23(21)24;1-3-12-18(20-13(2)19)16-10-6-4-8-14(16)15-9-5-7-11-17(15)18;1-18(12-7-13-19-2)16-10-5-3-8-14(16)15-9-4-6-11-17(15)18;1-3-12-17(2)15-10-6-4-8-13(15)14-9-5-7-11-16(14)17;1-14-12-8-4-2-6-10(12)11-7-3-5-9-13(11)14;3*2-1-3/h5-20,25-26H,1-4H3;2-8,10-15H,17H2,1H3;4-11H,1-2H3;3-6,8-11H,13H2,1-2H3;4-11H,1-2H3;2-9H,1H3;;;. The number of methoxy groups -OCH3 is 1. The first-order valence-electron chi connectivity index (χ1n) is 48.3. The number of para-hydroxylation sites is 3. The van der Waals surface area contributed by atoms with Crippen LogP contribution in [0.15, 0.2) is 382 Å². The van der Waals surface area contributed by atoms with Crippen LogP contribution >= 0.6 is 0 Å². The molecule has 0 radical (unpaired) electrons. The lowest BCUT2D eigenvalue weighted by atomic mass is 9.80. The van der Waals surface area contributed by atoms with Crippen LogP contribution in [0.4, 0.5) is 0 Å². The van der Waals surface area contributed by atoms with Crippen molar-refractivity contribution in [2.75, 3.05) is 20.3 Å². The maximum Gasteiger partial charge on any atom is 0.373 e. The molecule has 15 heteroatoms. The second-order valence-electron chi connectivity index (χ2n) is 36.0. The Balaban J connectivity index is 0.000000137. The van der Waals surface area contributed by atoms with Crippen molar-refractivity contribution in [3.8, 4) is 144 Å². The first-order valence-corrected chi connectivity index (χ1v) is 48.3. The zero-order valence-corrected chi connectivity index (χ0v) is 84.4. The van der Waals surface area contributed by atoms with E-state index in [0.717, 1.165) is 94.8 Å². The van der Waals surface area contributed by atoms with Crippen molar-refractivity contribution < 1.29 is 66.8 Å². The number of fused-ring (bicyclic) bond motifs is 21. The summed E-state index contributed by atoms with van der Waals surface area (Å²) < 4.78 is 30.6. The number of carbonyl (C=O) groups is 3.